The number of hydrogen-bond acceptors (Lipinski definition) is 4. The summed E-state index contributed by atoms with van der Waals surface area (Å²) in [4.78, 5) is 7.35. The molecule has 1 aliphatic rings. The van der Waals surface area contributed by atoms with Crippen molar-refractivity contribution in [1.82, 2.24) is 10.3 Å². The van der Waals surface area contributed by atoms with E-state index in [0.717, 1.165) is 11.7 Å². The van der Waals surface area contributed by atoms with E-state index < -0.39 is 0 Å². The van der Waals surface area contributed by atoms with E-state index in [0.29, 0.717) is 11.7 Å². The number of thiazole rings is 1. The summed E-state index contributed by atoms with van der Waals surface area (Å²) in [5.74, 6) is -0.224. The molecule has 100 valence electrons. The van der Waals surface area contributed by atoms with E-state index in [9.17, 15) is 4.39 Å². The number of nitrogens with one attached hydrogen (secondary N) is 1. The van der Waals surface area contributed by atoms with Crippen LogP contribution in [0.5, 0.6) is 0 Å². The molecular weight excluding hydrogens is 261 g/mol. The molecule has 1 aliphatic carbocycles. The molecule has 1 heterocycles. The van der Waals surface area contributed by atoms with Crippen LogP contribution in [0.1, 0.15) is 17.7 Å². The fourth-order valence-electron chi connectivity index (χ4n) is 1.89. The lowest BCUT2D eigenvalue weighted by Crippen LogP contribution is -2.14. The van der Waals surface area contributed by atoms with E-state index in [2.05, 4.69) is 10.3 Å². The summed E-state index contributed by atoms with van der Waals surface area (Å²) >= 11 is 1.60. The minimum absolute atomic E-state index is 0.224. The van der Waals surface area contributed by atoms with Crippen molar-refractivity contribution in [2.75, 3.05) is 11.9 Å². The highest BCUT2D eigenvalue weighted by Crippen LogP contribution is 2.30. The quantitative estimate of drug-likeness (QED) is 0.909. The highest BCUT2D eigenvalue weighted by atomic mass is 32.1. The highest BCUT2D eigenvalue weighted by Gasteiger charge is 2.20. The van der Waals surface area contributed by atoms with Crippen LogP contribution >= 0.6 is 11.3 Å². The second kappa shape index (κ2) is 5.27. The van der Waals surface area contributed by atoms with Gasteiger partial charge in [-0.15, -0.1) is 11.3 Å². The predicted octanol–water partition coefficient (Wildman–Crippen LogP) is 3.30. The lowest BCUT2D eigenvalue weighted by Gasteiger charge is -2.16. The lowest BCUT2D eigenvalue weighted by atomic mass is 10.3. The van der Waals surface area contributed by atoms with Gasteiger partial charge in [-0.05, 0) is 25.0 Å². The van der Waals surface area contributed by atoms with Gasteiger partial charge in [0.25, 0.3) is 0 Å². The Kier molecular flexibility index (Phi) is 3.48. The Balaban J connectivity index is 1.72. The van der Waals surface area contributed by atoms with Crippen LogP contribution in [0.4, 0.5) is 15.2 Å². The third-order valence-corrected chi connectivity index (χ3v) is 4.26. The number of aromatic nitrogens is 1. The maximum atomic E-state index is 13.7. The third kappa shape index (κ3) is 2.93. The Hall–Kier alpha value is -1.46. The molecule has 5 heteroatoms. The first-order valence-electron chi connectivity index (χ1n) is 6.40. The molecule has 0 atom stereocenters. The molecule has 0 spiro atoms. The number of benzene rings is 1. The molecule has 1 N–H and O–H groups in total. The first kappa shape index (κ1) is 12.6. The SMILES string of the molecule is CN(c1ncc(CNC2CC2)s1)c1ccccc1F. The van der Waals surface area contributed by atoms with E-state index in [4.69, 9.17) is 0 Å². The topological polar surface area (TPSA) is 28.2 Å². The smallest absolute Gasteiger partial charge is 0.189 e. The van der Waals surface area contributed by atoms with Gasteiger partial charge >= 0.3 is 0 Å². The molecule has 0 amide bonds. The minimum atomic E-state index is -0.224. The summed E-state index contributed by atoms with van der Waals surface area (Å²) in [6, 6.07) is 7.45. The van der Waals surface area contributed by atoms with Crippen LogP contribution < -0.4 is 10.2 Å². The van der Waals surface area contributed by atoms with Crippen molar-refractivity contribution in [3.05, 3.63) is 41.2 Å². The number of para-hydroxylation sites is 1. The van der Waals surface area contributed by atoms with Crippen molar-refractivity contribution < 1.29 is 4.39 Å². The van der Waals surface area contributed by atoms with Crippen LogP contribution in [0.2, 0.25) is 0 Å². The van der Waals surface area contributed by atoms with Crippen molar-refractivity contribution >= 4 is 22.2 Å². The summed E-state index contributed by atoms with van der Waals surface area (Å²) in [6.07, 6.45) is 4.42. The van der Waals surface area contributed by atoms with Gasteiger partial charge in [0, 0.05) is 30.7 Å². The van der Waals surface area contributed by atoms with Gasteiger partial charge in [-0.1, -0.05) is 12.1 Å². The average molecular weight is 277 g/mol. The molecule has 3 rings (SSSR count). The summed E-state index contributed by atoms with van der Waals surface area (Å²) in [6.45, 7) is 0.855. The zero-order valence-corrected chi connectivity index (χ0v) is 11.6. The third-order valence-electron chi connectivity index (χ3n) is 3.18. The summed E-state index contributed by atoms with van der Waals surface area (Å²) in [7, 11) is 1.84. The van der Waals surface area contributed by atoms with Gasteiger partial charge in [-0.25, -0.2) is 9.37 Å². The van der Waals surface area contributed by atoms with E-state index in [1.54, 1.807) is 28.4 Å². The van der Waals surface area contributed by atoms with E-state index in [-0.39, 0.29) is 5.82 Å². The molecule has 0 bridgehead atoms. The maximum Gasteiger partial charge on any atom is 0.189 e. The standard InChI is InChI=1S/C14H16FN3S/c1-18(13-5-3-2-4-12(13)15)14-17-9-11(19-14)8-16-10-6-7-10/h2-5,9-10,16H,6-8H2,1H3. The molecule has 0 radical (unpaired) electrons. The summed E-state index contributed by atoms with van der Waals surface area (Å²) in [5, 5.41) is 4.27. The average Bonchev–Trinajstić information content (AvgIpc) is 3.13. The second-order valence-electron chi connectivity index (χ2n) is 4.77. The van der Waals surface area contributed by atoms with Crippen molar-refractivity contribution in [3.63, 3.8) is 0 Å². The molecule has 19 heavy (non-hydrogen) atoms. The summed E-state index contributed by atoms with van der Waals surface area (Å²) < 4.78 is 13.7. The van der Waals surface area contributed by atoms with Crippen molar-refractivity contribution in [1.29, 1.82) is 0 Å². The van der Waals surface area contributed by atoms with Gasteiger partial charge in [-0.3, -0.25) is 0 Å². The Morgan fingerprint density at radius 1 is 1.42 bits per heavy atom. The Morgan fingerprint density at radius 2 is 2.21 bits per heavy atom. The maximum absolute atomic E-state index is 13.7. The van der Waals surface area contributed by atoms with Gasteiger partial charge in [-0.2, -0.15) is 0 Å². The fourth-order valence-corrected chi connectivity index (χ4v) is 2.73. The fraction of sp³-hybridized carbons (Fsp3) is 0.357. The van der Waals surface area contributed by atoms with Gasteiger partial charge < -0.3 is 10.2 Å². The number of nitrogens with zero attached hydrogens (tertiary/aromatic N) is 2. The first-order valence-corrected chi connectivity index (χ1v) is 7.22. The lowest BCUT2D eigenvalue weighted by molar-refractivity contribution is 0.627. The van der Waals surface area contributed by atoms with Crippen LogP contribution in [0.3, 0.4) is 0 Å². The van der Waals surface area contributed by atoms with Crippen molar-refractivity contribution in [2.45, 2.75) is 25.4 Å². The van der Waals surface area contributed by atoms with Crippen molar-refractivity contribution in [3.8, 4) is 0 Å². The largest absolute Gasteiger partial charge is 0.318 e. The number of anilines is 2. The molecule has 1 fully saturated rings. The summed E-state index contributed by atoms with van der Waals surface area (Å²) in [5.41, 5.74) is 0.554. The minimum Gasteiger partial charge on any atom is -0.318 e. The predicted molar refractivity (Wildman–Crippen MR) is 76.4 cm³/mol. The molecular formula is C14H16FN3S. The first-order chi connectivity index (χ1) is 9.24. The normalized spacial score (nSPS) is 14.6. The number of halogens is 1. The molecule has 3 nitrogen and oxygen atoms in total. The van der Waals surface area contributed by atoms with Crippen molar-refractivity contribution in [2.24, 2.45) is 0 Å². The Morgan fingerprint density at radius 3 is 2.95 bits per heavy atom. The van der Waals surface area contributed by atoms with E-state index in [1.165, 1.54) is 23.8 Å². The number of rotatable bonds is 5. The van der Waals surface area contributed by atoms with Crippen LogP contribution in [0.25, 0.3) is 0 Å². The second-order valence-corrected chi connectivity index (χ2v) is 5.87. The molecule has 0 saturated heterocycles. The zero-order valence-electron chi connectivity index (χ0n) is 10.8. The molecule has 1 aromatic carbocycles. The van der Waals surface area contributed by atoms with Gasteiger partial charge in [0.1, 0.15) is 5.82 Å². The van der Waals surface area contributed by atoms with Crippen LogP contribution in [0.15, 0.2) is 30.5 Å². The van der Waals surface area contributed by atoms with Gasteiger partial charge in [0.2, 0.25) is 0 Å². The van der Waals surface area contributed by atoms with E-state index >= 15 is 0 Å². The molecule has 1 aromatic heterocycles. The Labute approximate surface area is 116 Å². The Bertz CT molecular complexity index is 565. The van der Waals surface area contributed by atoms with Gasteiger partial charge in [0.05, 0.1) is 5.69 Å². The van der Waals surface area contributed by atoms with Crippen LogP contribution in [0, 0.1) is 5.82 Å². The molecule has 0 aliphatic heterocycles. The highest BCUT2D eigenvalue weighted by molar-refractivity contribution is 7.15. The zero-order chi connectivity index (χ0) is 13.2. The molecule has 0 unspecified atom stereocenters. The van der Waals surface area contributed by atoms with Crippen LogP contribution in [-0.4, -0.2) is 18.1 Å². The monoisotopic (exact) mass is 277 g/mol. The molecule has 2 aromatic rings. The van der Waals surface area contributed by atoms with Gasteiger partial charge in [0.15, 0.2) is 5.13 Å². The van der Waals surface area contributed by atoms with E-state index in [1.807, 2.05) is 19.3 Å². The molecule has 1 saturated carbocycles. The number of hydrogen-bond donors (Lipinski definition) is 1. The van der Waals surface area contributed by atoms with Crippen LogP contribution in [-0.2, 0) is 6.54 Å².